The molecular weight excluding hydrogens is 264 g/mol. The summed E-state index contributed by atoms with van der Waals surface area (Å²) >= 11 is 0. The van der Waals surface area contributed by atoms with E-state index in [1.54, 1.807) is 0 Å². The summed E-state index contributed by atoms with van der Waals surface area (Å²) < 4.78 is 0. The summed E-state index contributed by atoms with van der Waals surface area (Å²) in [5, 5.41) is 13.0. The van der Waals surface area contributed by atoms with Crippen LogP contribution in [0.1, 0.15) is 65.7 Å². The van der Waals surface area contributed by atoms with Crippen LogP contribution in [0.3, 0.4) is 0 Å². The fraction of sp³-hybridized carbons (Fsp3) is 0.941. The van der Waals surface area contributed by atoms with E-state index in [9.17, 15) is 9.90 Å². The van der Waals surface area contributed by atoms with Crippen molar-refractivity contribution in [3.05, 3.63) is 0 Å². The van der Waals surface area contributed by atoms with Crippen LogP contribution < -0.4 is 11.1 Å². The lowest BCUT2D eigenvalue weighted by atomic mass is 9.60. The van der Waals surface area contributed by atoms with Gasteiger partial charge in [-0.25, -0.2) is 0 Å². The first-order chi connectivity index (χ1) is 9.82. The maximum absolute atomic E-state index is 12.8. The quantitative estimate of drug-likeness (QED) is 0.747. The number of carbonyl (C=O) groups is 1. The third-order valence-corrected chi connectivity index (χ3v) is 6.32. The summed E-state index contributed by atoms with van der Waals surface area (Å²) in [6.45, 7) is 6.54. The molecular formula is C17H32N2O2. The maximum Gasteiger partial charge on any atom is 0.224 e. The first-order valence-electron chi connectivity index (χ1n) is 8.51. The average Bonchev–Trinajstić information content (AvgIpc) is 2.45. The van der Waals surface area contributed by atoms with Crippen LogP contribution in [-0.2, 0) is 4.79 Å². The Hall–Kier alpha value is -0.610. The van der Waals surface area contributed by atoms with Crippen LogP contribution in [0, 0.1) is 17.3 Å². The largest absolute Gasteiger partial charge is 0.394 e. The Morgan fingerprint density at radius 3 is 2.43 bits per heavy atom. The summed E-state index contributed by atoms with van der Waals surface area (Å²) in [6, 6.07) is 0.186. The number of nitrogens with two attached hydrogens (primary N) is 1. The molecule has 1 amide bonds. The second kappa shape index (κ2) is 6.25. The molecule has 2 fully saturated rings. The van der Waals surface area contributed by atoms with Crippen LogP contribution in [0.25, 0.3) is 0 Å². The lowest BCUT2D eigenvalue weighted by Crippen LogP contribution is -2.58. The molecule has 21 heavy (non-hydrogen) atoms. The third-order valence-electron chi connectivity index (χ3n) is 6.32. The summed E-state index contributed by atoms with van der Waals surface area (Å²) in [5.41, 5.74) is 5.71. The number of carbonyl (C=O) groups excluding carboxylic acids is 1. The minimum atomic E-state index is -0.381. The molecule has 3 atom stereocenters. The zero-order chi connectivity index (χ0) is 15.7. The van der Waals surface area contributed by atoms with E-state index in [-0.39, 0.29) is 35.4 Å². The van der Waals surface area contributed by atoms with Gasteiger partial charge in [-0.2, -0.15) is 0 Å². The molecule has 0 heterocycles. The predicted octanol–water partition coefficient (Wildman–Crippen LogP) is 2.20. The molecule has 4 N–H and O–H groups in total. The van der Waals surface area contributed by atoms with Crippen molar-refractivity contribution in [1.29, 1.82) is 0 Å². The number of nitrogens with one attached hydrogen (secondary N) is 1. The number of hydrogen-bond acceptors (Lipinski definition) is 3. The molecule has 0 aromatic carbocycles. The van der Waals surface area contributed by atoms with Gasteiger partial charge in [0.1, 0.15) is 0 Å². The van der Waals surface area contributed by atoms with Crippen LogP contribution in [-0.4, -0.2) is 29.2 Å². The molecule has 3 unspecified atom stereocenters. The molecule has 2 rings (SSSR count). The fourth-order valence-corrected chi connectivity index (χ4v) is 4.22. The predicted molar refractivity (Wildman–Crippen MR) is 84.7 cm³/mol. The smallest absolute Gasteiger partial charge is 0.224 e. The lowest BCUT2D eigenvalue weighted by Gasteiger charge is -2.47. The summed E-state index contributed by atoms with van der Waals surface area (Å²) in [7, 11) is 0. The normalized spacial score (nSPS) is 35.2. The van der Waals surface area contributed by atoms with Gasteiger partial charge < -0.3 is 16.2 Å². The number of aliphatic hydroxyl groups is 1. The van der Waals surface area contributed by atoms with E-state index >= 15 is 0 Å². The summed E-state index contributed by atoms with van der Waals surface area (Å²) in [4.78, 5) is 12.8. The standard InChI is InChI=1S/C17H32N2O2/c1-12-14(18)8-7-13(16(12,2)3)15(21)19-17(11-20)9-5-4-6-10-17/h12-14,20H,4-11,18H2,1-3H3,(H,19,21). The Balaban J connectivity index is 2.08. The molecule has 0 spiro atoms. The fourth-order valence-electron chi connectivity index (χ4n) is 4.22. The highest BCUT2D eigenvalue weighted by atomic mass is 16.3. The molecule has 2 saturated carbocycles. The Morgan fingerprint density at radius 2 is 1.86 bits per heavy atom. The van der Waals surface area contributed by atoms with E-state index in [1.807, 2.05) is 0 Å². The lowest BCUT2D eigenvalue weighted by molar-refractivity contribution is -0.135. The van der Waals surface area contributed by atoms with Gasteiger partial charge in [-0.1, -0.05) is 40.0 Å². The highest BCUT2D eigenvalue weighted by Gasteiger charge is 2.46. The van der Waals surface area contributed by atoms with Crippen molar-refractivity contribution >= 4 is 5.91 Å². The van der Waals surface area contributed by atoms with Crippen molar-refractivity contribution in [2.75, 3.05) is 6.61 Å². The molecule has 0 aromatic rings. The van der Waals surface area contributed by atoms with Crippen LogP contribution in [0.5, 0.6) is 0 Å². The SMILES string of the molecule is CC1C(N)CCC(C(=O)NC2(CO)CCCCC2)C1(C)C. The maximum atomic E-state index is 12.8. The third kappa shape index (κ3) is 3.26. The van der Waals surface area contributed by atoms with E-state index in [0.717, 1.165) is 38.5 Å². The second-order valence-corrected chi connectivity index (χ2v) is 7.89. The number of aliphatic hydroxyl groups excluding tert-OH is 1. The molecule has 0 aromatic heterocycles. The monoisotopic (exact) mass is 296 g/mol. The van der Waals surface area contributed by atoms with Crippen molar-refractivity contribution in [1.82, 2.24) is 5.32 Å². The molecule has 0 aliphatic heterocycles. The molecule has 4 heteroatoms. The van der Waals surface area contributed by atoms with Gasteiger partial charge in [0.15, 0.2) is 0 Å². The van der Waals surface area contributed by atoms with Crippen LogP contribution >= 0.6 is 0 Å². The van der Waals surface area contributed by atoms with Gasteiger partial charge in [-0.05, 0) is 37.0 Å². The van der Waals surface area contributed by atoms with E-state index in [1.165, 1.54) is 6.42 Å². The van der Waals surface area contributed by atoms with Gasteiger partial charge >= 0.3 is 0 Å². The van der Waals surface area contributed by atoms with Gasteiger partial charge in [-0.15, -0.1) is 0 Å². The Labute approximate surface area is 128 Å². The topological polar surface area (TPSA) is 75.4 Å². The van der Waals surface area contributed by atoms with Crippen LogP contribution in [0.15, 0.2) is 0 Å². The van der Waals surface area contributed by atoms with Crippen molar-refractivity contribution in [3.63, 3.8) is 0 Å². The first kappa shape index (κ1) is 16.8. The molecule has 122 valence electrons. The Bertz CT molecular complexity index is 375. The number of rotatable bonds is 3. The van der Waals surface area contributed by atoms with E-state index < -0.39 is 0 Å². The van der Waals surface area contributed by atoms with Gasteiger partial charge in [0.25, 0.3) is 0 Å². The van der Waals surface area contributed by atoms with Crippen molar-refractivity contribution in [3.8, 4) is 0 Å². The number of hydrogen-bond donors (Lipinski definition) is 3. The van der Waals surface area contributed by atoms with E-state index in [4.69, 9.17) is 5.73 Å². The van der Waals surface area contributed by atoms with Gasteiger partial charge in [-0.3, -0.25) is 4.79 Å². The highest BCUT2D eigenvalue weighted by Crippen LogP contribution is 2.44. The summed E-state index contributed by atoms with van der Waals surface area (Å²) in [5.74, 6) is 0.450. The first-order valence-corrected chi connectivity index (χ1v) is 8.51. The van der Waals surface area contributed by atoms with Crippen molar-refractivity contribution < 1.29 is 9.90 Å². The summed E-state index contributed by atoms with van der Waals surface area (Å²) in [6.07, 6.45) is 6.96. The van der Waals surface area contributed by atoms with Crippen LogP contribution in [0.2, 0.25) is 0 Å². The zero-order valence-electron chi connectivity index (χ0n) is 13.8. The minimum Gasteiger partial charge on any atom is -0.394 e. The van der Waals surface area contributed by atoms with Gasteiger partial charge in [0, 0.05) is 12.0 Å². The van der Waals surface area contributed by atoms with Gasteiger partial charge in [0.2, 0.25) is 5.91 Å². The molecule has 0 bridgehead atoms. The molecule has 0 radical (unpaired) electrons. The van der Waals surface area contributed by atoms with Crippen LogP contribution in [0.4, 0.5) is 0 Å². The number of amides is 1. The zero-order valence-corrected chi connectivity index (χ0v) is 13.8. The molecule has 4 nitrogen and oxygen atoms in total. The van der Waals surface area contributed by atoms with E-state index in [2.05, 4.69) is 26.1 Å². The van der Waals surface area contributed by atoms with Crippen molar-refractivity contribution in [2.45, 2.75) is 77.3 Å². The van der Waals surface area contributed by atoms with Gasteiger partial charge in [0.05, 0.1) is 12.1 Å². The molecule has 2 aliphatic rings. The highest BCUT2D eigenvalue weighted by molar-refractivity contribution is 5.80. The molecule has 0 saturated heterocycles. The Morgan fingerprint density at radius 1 is 1.24 bits per heavy atom. The second-order valence-electron chi connectivity index (χ2n) is 7.89. The molecule has 2 aliphatic carbocycles. The Kier molecular flexibility index (Phi) is 4.99. The van der Waals surface area contributed by atoms with E-state index in [0.29, 0.717) is 5.92 Å². The van der Waals surface area contributed by atoms with Crippen molar-refractivity contribution in [2.24, 2.45) is 23.0 Å². The minimum absolute atomic E-state index is 0.00217. The average molecular weight is 296 g/mol.